The predicted molar refractivity (Wildman–Crippen MR) is 71.2 cm³/mol. The quantitative estimate of drug-likeness (QED) is 0.787. The first-order chi connectivity index (χ1) is 9.29. The molecule has 0 saturated carbocycles. The van der Waals surface area contributed by atoms with Gasteiger partial charge in [-0.25, -0.2) is 0 Å². The number of halogens is 4. The van der Waals surface area contributed by atoms with Crippen molar-refractivity contribution in [1.29, 1.82) is 0 Å². The average molecular weight is 312 g/mol. The van der Waals surface area contributed by atoms with E-state index in [4.69, 9.17) is 22.1 Å². The van der Waals surface area contributed by atoms with E-state index in [1.807, 2.05) is 13.0 Å². The second-order valence-corrected chi connectivity index (χ2v) is 4.83. The lowest BCUT2D eigenvalue weighted by molar-refractivity contribution is -0.175. The highest BCUT2D eigenvalue weighted by atomic mass is 35.5. The number of hydrogen-bond donors (Lipinski definition) is 1. The molecule has 0 aliphatic heterocycles. The fourth-order valence-electron chi connectivity index (χ4n) is 1.61. The van der Waals surface area contributed by atoms with Gasteiger partial charge in [0.25, 0.3) is 0 Å². The van der Waals surface area contributed by atoms with Crippen LogP contribution >= 0.6 is 11.6 Å². The molecule has 0 radical (unpaired) electrons. The Morgan fingerprint density at radius 2 is 2.00 bits per heavy atom. The minimum absolute atomic E-state index is 0.00817. The lowest BCUT2D eigenvalue weighted by atomic mass is 10.1. The first kappa shape index (κ1) is 17.1. The van der Waals surface area contributed by atoms with E-state index in [2.05, 4.69) is 4.74 Å². The van der Waals surface area contributed by atoms with Crippen molar-refractivity contribution >= 4 is 11.6 Å². The van der Waals surface area contributed by atoms with Gasteiger partial charge in [-0.3, -0.25) is 0 Å². The molecule has 2 N–H and O–H groups in total. The van der Waals surface area contributed by atoms with Gasteiger partial charge in [0, 0.05) is 6.04 Å². The van der Waals surface area contributed by atoms with Crippen LogP contribution in [0.1, 0.15) is 12.5 Å². The first-order valence-corrected chi connectivity index (χ1v) is 6.47. The minimum Gasteiger partial charge on any atom is -0.489 e. The number of alkyl halides is 3. The molecule has 0 aromatic heterocycles. The number of para-hydroxylation sites is 1. The highest BCUT2D eigenvalue weighted by Crippen LogP contribution is 2.29. The zero-order chi connectivity index (χ0) is 15.2. The summed E-state index contributed by atoms with van der Waals surface area (Å²) in [6.07, 6.45) is -3.76. The topological polar surface area (TPSA) is 44.5 Å². The average Bonchev–Trinajstić information content (AvgIpc) is 2.29. The zero-order valence-corrected chi connectivity index (χ0v) is 11.8. The monoisotopic (exact) mass is 311 g/mol. The Labute approximate surface area is 120 Å². The molecule has 7 heteroatoms. The van der Waals surface area contributed by atoms with Crippen molar-refractivity contribution in [2.24, 2.45) is 5.73 Å². The maximum absolute atomic E-state index is 11.9. The molecule has 0 heterocycles. The molecule has 3 nitrogen and oxygen atoms in total. The molecule has 1 aromatic rings. The molecule has 1 aromatic carbocycles. The number of hydrogen-bond acceptors (Lipinski definition) is 3. The highest BCUT2D eigenvalue weighted by molar-refractivity contribution is 6.32. The van der Waals surface area contributed by atoms with Crippen molar-refractivity contribution in [3.63, 3.8) is 0 Å². The summed E-state index contributed by atoms with van der Waals surface area (Å²) in [5.41, 5.74) is 6.54. The fourth-order valence-corrected chi connectivity index (χ4v) is 1.86. The standard InChI is InChI=1S/C13H17ClF3NO2/c1-9(18)7-10-3-2-4-11(14)12(10)20-6-5-19-8-13(15,16)17/h2-4,9H,5-8,18H2,1H3. The summed E-state index contributed by atoms with van der Waals surface area (Å²) in [6.45, 7) is 0.386. The summed E-state index contributed by atoms with van der Waals surface area (Å²) in [7, 11) is 0. The number of rotatable bonds is 7. The van der Waals surface area contributed by atoms with Gasteiger partial charge in [0.05, 0.1) is 11.6 Å². The van der Waals surface area contributed by atoms with E-state index in [0.29, 0.717) is 17.2 Å². The van der Waals surface area contributed by atoms with Crippen LogP contribution in [0.2, 0.25) is 5.02 Å². The van der Waals surface area contributed by atoms with E-state index < -0.39 is 12.8 Å². The van der Waals surface area contributed by atoms with E-state index in [0.717, 1.165) is 5.56 Å². The fraction of sp³-hybridized carbons (Fsp3) is 0.538. The van der Waals surface area contributed by atoms with Crippen molar-refractivity contribution in [3.8, 4) is 5.75 Å². The van der Waals surface area contributed by atoms with Crippen LogP contribution in [0.25, 0.3) is 0 Å². The van der Waals surface area contributed by atoms with Crippen molar-refractivity contribution < 1.29 is 22.6 Å². The normalized spacial score (nSPS) is 13.3. The lowest BCUT2D eigenvalue weighted by Crippen LogP contribution is -2.20. The Balaban J connectivity index is 2.50. The number of nitrogens with two attached hydrogens (primary N) is 1. The van der Waals surface area contributed by atoms with Gasteiger partial charge in [-0.05, 0) is 25.0 Å². The van der Waals surface area contributed by atoms with Crippen LogP contribution in [0.4, 0.5) is 13.2 Å². The lowest BCUT2D eigenvalue weighted by Gasteiger charge is -2.15. The minimum atomic E-state index is -4.33. The van der Waals surface area contributed by atoms with Crippen LogP contribution in [-0.2, 0) is 11.2 Å². The predicted octanol–water partition coefficient (Wildman–Crippen LogP) is 3.19. The van der Waals surface area contributed by atoms with Crippen LogP contribution in [-0.4, -0.2) is 32.0 Å². The smallest absolute Gasteiger partial charge is 0.411 e. The van der Waals surface area contributed by atoms with Crippen molar-refractivity contribution in [1.82, 2.24) is 0 Å². The molecular weight excluding hydrogens is 295 g/mol. The van der Waals surface area contributed by atoms with Gasteiger partial charge in [0.15, 0.2) is 0 Å². The second kappa shape index (κ2) is 7.71. The molecule has 0 spiro atoms. The second-order valence-electron chi connectivity index (χ2n) is 4.43. The number of benzene rings is 1. The molecule has 20 heavy (non-hydrogen) atoms. The largest absolute Gasteiger partial charge is 0.489 e. The van der Waals surface area contributed by atoms with Gasteiger partial charge in [-0.1, -0.05) is 23.7 Å². The van der Waals surface area contributed by atoms with E-state index in [1.54, 1.807) is 12.1 Å². The van der Waals surface area contributed by atoms with Crippen LogP contribution in [0, 0.1) is 0 Å². The van der Waals surface area contributed by atoms with Crippen LogP contribution in [0.5, 0.6) is 5.75 Å². The van der Waals surface area contributed by atoms with E-state index in [9.17, 15) is 13.2 Å². The Hall–Kier alpha value is -0.980. The van der Waals surface area contributed by atoms with E-state index in [1.165, 1.54) is 0 Å². The maximum atomic E-state index is 11.9. The van der Waals surface area contributed by atoms with Gasteiger partial charge in [0.1, 0.15) is 19.0 Å². The Kier molecular flexibility index (Phi) is 6.58. The van der Waals surface area contributed by atoms with Crippen LogP contribution in [0.15, 0.2) is 18.2 Å². The third kappa shape index (κ3) is 6.45. The number of ether oxygens (including phenoxy) is 2. The summed E-state index contributed by atoms with van der Waals surface area (Å²) < 4.78 is 45.5. The summed E-state index contributed by atoms with van der Waals surface area (Å²) in [6, 6.07) is 5.17. The van der Waals surface area contributed by atoms with Gasteiger partial charge < -0.3 is 15.2 Å². The van der Waals surface area contributed by atoms with E-state index in [-0.39, 0.29) is 19.3 Å². The van der Waals surface area contributed by atoms with Crippen molar-refractivity contribution in [2.75, 3.05) is 19.8 Å². The summed E-state index contributed by atoms with van der Waals surface area (Å²) >= 11 is 6.01. The SMILES string of the molecule is CC(N)Cc1cccc(Cl)c1OCCOCC(F)(F)F. The highest BCUT2D eigenvalue weighted by Gasteiger charge is 2.27. The molecule has 0 fully saturated rings. The maximum Gasteiger partial charge on any atom is 0.411 e. The Morgan fingerprint density at radius 1 is 1.30 bits per heavy atom. The van der Waals surface area contributed by atoms with Crippen LogP contribution < -0.4 is 10.5 Å². The molecule has 1 atom stereocenters. The third-order valence-electron chi connectivity index (χ3n) is 2.33. The molecule has 0 saturated heterocycles. The molecule has 1 unspecified atom stereocenters. The molecule has 1 rings (SSSR count). The van der Waals surface area contributed by atoms with Gasteiger partial charge in [0.2, 0.25) is 0 Å². The summed E-state index contributed by atoms with van der Waals surface area (Å²) in [5, 5.41) is 0.402. The summed E-state index contributed by atoms with van der Waals surface area (Å²) in [4.78, 5) is 0. The third-order valence-corrected chi connectivity index (χ3v) is 2.63. The first-order valence-electron chi connectivity index (χ1n) is 6.10. The molecule has 0 aliphatic rings. The Morgan fingerprint density at radius 3 is 2.60 bits per heavy atom. The molecule has 0 bridgehead atoms. The molecular formula is C13H17ClF3NO2. The van der Waals surface area contributed by atoms with Crippen molar-refractivity contribution in [3.05, 3.63) is 28.8 Å². The summed E-state index contributed by atoms with van der Waals surface area (Å²) in [5.74, 6) is 0.446. The van der Waals surface area contributed by atoms with Gasteiger partial charge in [-0.15, -0.1) is 0 Å². The van der Waals surface area contributed by atoms with Gasteiger partial charge in [-0.2, -0.15) is 13.2 Å². The Bertz CT molecular complexity index is 425. The molecule has 114 valence electrons. The zero-order valence-electron chi connectivity index (χ0n) is 11.0. The molecule has 0 aliphatic carbocycles. The van der Waals surface area contributed by atoms with Gasteiger partial charge >= 0.3 is 6.18 Å². The van der Waals surface area contributed by atoms with Crippen molar-refractivity contribution in [2.45, 2.75) is 25.6 Å². The molecule has 0 amide bonds. The van der Waals surface area contributed by atoms with Crippen LogP contribution in [0.3, 0.4) is 0 Å². The van der Waals surface area contributed by atoms with E-state index >= 15 is 0 Å².